The quantitative estimate of drug-likeness (QED) is 0.694. The summed E-state index contributed by atoms with van der Waals surface area (Å²) in [4.78, 5) is 0. The van der Waals surface area contributed by atoms with Gasteiger partial charge in [0.2, 0.25) is 0 Å². The first-order chi connectivity index (χ1) is 9.54. The van der Waals surface area contributed by atoms with Crippen molar-refractivity contribution in [1.29, 1.82) is 0 Å². The second kappa shape index (κ2) is 8.55. The fourth-order valence-electron chi connectivity index (χ4n) is 2.23. The van der Waals surface area contributed by atoms with Crippen molar-refractivity contribution >= 4 is 0 Å². The van der Waals surface area contributed by atoms with Gasteiger partial charge < -0.3 is 5.11 Å². The molecule has 108 valence electrons. The van der Waals surface area contributed by atoms with Crippen molar-refractivity contribution < 1.29 is 5.11 Å². The Morgan fingerprint density at radius 2 is 1.95 bits per heavy atom. The van der Waals surface area contributed by atoms with Crippen LogP contribution in [0.25, 0.3) is 0 Å². The molecular formula is C19H26O. The lowest BCUT2D eigenvalue weighted by Crippen LogP contribution is -1.98. The van der Waals surface area contributed by atoms with Gasteiger partial charge in [0.1, 0.15) is 0 Å². The number of rotatable bonds is 5. The lowest BCUT2D eigenvalue weighted by atomic mass is 9.88. The van der Waals surface area contributed by atoms with Gasteiger partial charge in [0.25, 0.3) is 0 Å². The van der Waals surface area contributed by atoms with Crippen LogP contribution in [0, 0.1) is 0 Å². The van der Waals surface area contributed by atoms with Gasteiger partial charge in [0.05, 0.1) is 6.61 Å². The van der Waals surface area contributed by atoms with Crippen molar-refractivity contribution in [3.63, 3.8) is 0 Å². The molecule has 1 N–H and O–H groups in total. The van der Waals surface area contributed by atoms with Crippen molar-refractivity contribution in [3.8, 4) is 0 Å². The molecular weight excluding hydrogens is 244 g/mol. The van der Waals surface area contributed by atoms with E-state index in [1.165, 1.54) is 35.1 Å². The first-order valence-corrected chi connectivity index (χ1v) is 7.23. The third kappa shape index (κ3) is 5.58. The molecule has 1 aliphatic rings. The van der Waals surface area contributed by atoms with Gasteiger partial charge in [0.15, 0.2) is 0 Å². The minimum Gasteiger partial charge on any atom is -0.392 e. The summed E-state index contributed by atoms with van der Waals surface area (Å²) in [7, 11) is 0. The van der Waals surface area contributed by atoms with Crippen LogP contribution in [-0.2, 0) is 0 Å². The first-order valence-electron chi connectivity index (χ1n) is 7.23. The number of aliphatic hydroxyl groups is 1. The Morgan fingerprint density at radius 3 is 2.60 bits per heavy atom. The van der Waals surface area contributed by atoms with Crippen LogP contribution in [0.15, 0.2) is 70.9 Å². The van der Waals surface area contributed by atoms with Gasteiger partial charge in [-0.25, -0.2) is 0 Å². The standard InChI is InChI=1S/C19H26O/c1-15(7-5-8-16(2)13-14-20)11-12-19-17(3)9-6-10-18(19)4/h5,7-8,11-13,20H,3,6,9-10,14H2,1-2,4H3/b8-5+,12-11+,15-7+,16-13+. The lowest BCUT2D eigenvalue weighted by Gasteiger charge is -2.17. The molecule has 0 aliphatic heterocycles. The van der Waals surface area contributed by atoms with Gasteiger partial charge in [-0.3, -0.25) is 0 Å². The molecule has 0 amide bonds. The van der Waals surface area contributed by atoms with Crippen molar-refractivity contribution in [3.05, 3.63) is 70.9 Å². The minimum absolute atomic E-state index is 0.0916. The van der Waals surface area contributed by atoms with Gasteiger partial charge in [0, 0.05) is 0 Å². The number of aliphatic hydroxyl groups excluding tert-OH is 1. The van der Waals surface area contributed by atoms with Crippen LogP contribution in [0.4, 0.5) is 0 Å². The molecule has 0 atom stereocenters. The van der Waals surface area contributed by atoms with E-state index in [1.807, 2.05) is 19.1 Å². The zero-order valence-electron chi connectivity index (χ0n) is 12.9. The molecule has 1 nitrogen and oxygen atoms in total. The maximum atomic E-state index is 8.77. The van der Waals surface area contributed by atoms with E-state index in [9.17, 15) is 0 Å². The molecule has 0 bridgehead atoms. The lowest BCUT2D eigenvalue weighted by molar-refractivity contribution is 0.342. The summed E-state index contributed by atoms with van der Waals surface area (Å²) in [5, 5.41) is 8.77. The highest BCUT2D eigenvalue weighted by Gasteiger charge is 2.09. The molecule has 0 spiro atoms. The monoisotopic (exact) mass is 270 g/mol. The van der Waals surface area contributed by atoms with E-state index in [0.717, 1.165) is 12.0 Å². The van der Waals surface area contributed by atoms with E-state index in [0.29, 0.717) is 0 Å². The molecule has 1 rings (SSSR count). The van der Waals surface area contributed by atoms with Crippen LogP contribution in [0.3, 0.4) is 0 Å². The molecule has 0 saturated carbocycles. The van der Waals surface area contributed by atoms with Crippen LogP contribution >= 0.6 is 0 Å². The number of allylic oxidation sites excluding steroid dienone is 10. The predicted molar refractivity (Wildman–Crippen MR) is 88.6 cm³/mol. The second-order valence-corrected chi connectivity index (χ2v) is 5.38. The summed E-state index contributed by atoms with van der Waals surface area (Å²) in [5.41, 5.74) is 6.30. The zero-order valence-corrected chi connectivity index (χ0v) is 12.9. The molecule has 0 aromatic rings. The average Bonchev–Trinajstić information content (AvgIpc) is 2.38. The summed E-state index contributed by atoms with van der Waals surface area (Å²) in [6.07, 6.45) is 15.7. The fourth-order valence-corrected chi connectivity index (χ4v) is 2.23. The maximum absolute atomic E-state index is 8.77. The Balaban J connectivity index is 2.70. The Labute approximate surface area is 123 Å². The van der Waals surface area contributed by atoms with Gasteiger partial charge in [-0.2, -0.15) is 0 Å². The smallest absolute Gasteiger partial charge is 0.0617 e. The number of hydrogen-bond donors (Lipinski definition) is 1. The maximum Gasteiger partial charge on any atom is 0.0617 e. The normalized spacial score (nSPS) is 18.7. The Morgan fingerprint density at radius 1 is 1.20 bits per heavy atom. The fraction of sp³-hybridized carbons (Fsp3) is 0.368. The molecule has 0 saturated heterocycles. The van der Waals surface area contributed by atoms with E-state index < -0.39 is 0 Å². The molecule has 0 aromatic heterocycles. The summed E-state index contributed by atoms with van der Waals surface area (Å²) in [5.74, 6) is 0. The highest BCUT2D eigenvalue weighted by Crippen LogP contribution is 2.29. The van der Waals surface area contributed by atoms with Crippen LogP contribution in [0.2, 0.25) is 0 Å². The highest BCUT2D eigenvalue weighted by atomic mass is 16.2. The minimum atomic E-state index is 0.0916. The largest absolute Gasteiger partial charge is 0.392 e. The van der Waals surface area contributed by atoms with Crippen molar-refractivity contribution in [2.75, 3.05) is 6.61 Å². The number of hydrogen-bond acceptors (Lipinski definition) is 1. The van der Waals surface area contributed by atoms with Gasteiger partial charge >= 0.3 is 0 Å². The topological polar surface area (TPSA) is 20.2 Å². The third-order valence-electron chi connectivity index (χ3n) is 3.52. The highest BCUT2D eigenvalue weighted by molar-refractivity contribution is 5.45. The SMILES string of the molecule is C=C1CCCC(C)=C1/C=C/C(C)=C/C=C/C(C)=C/CO. The van der Waals surface area contributed by atoms with E-state index in [1.54, 1.807) is 6.08 Å². The van der Waals surface area contributed by atoms with E-state index in [-0.39, 0.29) is 6.61 Å². The van der Waals surface area contributed by atoms with E-state index >= 15 is 0 Å². The van der Waals surface area contributed by atoms with Crippen LogP contribution in [-0.4, -0.2) is 11.7 Å². The molecule has 0 unspecified atom stereocenters. The molecule has 20 heavy (non-hydrogen) atoms. The molecule has 0 aromatic carbocycles. The molecule has 1 heteroatoms. The Hall–Kier alpha value is -1.60. The van der Waals surface area contributed by atoms with E-state index in [2.05, 4.69) is 38.7 Å². The average molecular weight is 270 g/mol. The van der Waals surface area contributed by atoms with E-state index in [4.69, 9.17) is 5.11 Å². The molecule has 0 fully saturated rings. The zero-order chi connectivity index (χ0) is 15.0. The summed E-state index contributed by atoms with van der Waals surface area (Å²) >= 11 is 0. The van der Waals surface area contributed by atoms with Crippen LogP contribution in [0.1, 0.15) is 40.0 Å². The summed E-state index contributed by atoms with van der Waals surface area (Å²) < 4.78 is 0. The molecule has 0 radical (unpaired) electrons. The Kier molecular flexibility index (Phi) is 7.03. The second-order valence-electron chi connectivity index (χ2n) is 5.38. The first kappa shape index (κ1) is 16.5. The predicted octanol–water partition coefficient (Wildman–Crippen LogP) is 5.04. The van der Waals surface area contributed by atoms with Crippen LogP contribution in [0.5, 0.6) is 0 Å². The third-order valence-corrected chi connectivity index (χ3v) is 3.52. The van der Waals surface area contributed by atoms with Gasteiger partial charge in [-0.05, 0) is 51.2 Å². The summed E-state index contributed by atoms with van der Waals surface area (Å²) in [6.45, 7) is 10.5. The van der Waals surface area contributed by atoms with Gasteiger partial charge in [-0.15, -0.1) is 0 Å². The Bertz CT molecular complexity index is 496. The van der Waals surface area contributed by atoms with Crippen molar-refractivity contribution in [1.82, 2.24) is 0 Å². The van der Waals surface area contributed by atoms with Crippen molar-refractivity contribution in [2.24, 2.45) is 0 Å². The molecule has 0 heterocycles. The van der Waals surface area contributed by atoms with Crippen LogP contribution < -0.4 is 0 Å². The van der Waals surface area contributed by atoms with Gasteiger partial charge in [-0.1, -0.05) is 59.8 Å². The van der Waals surface area contributed by atoms with Crippen molar-refractivity contribution in [2.45, 2.75) is 40.0 Å². The summed E-state index contributed by atoms with van der Waals surface area (Å²) in [6, 6.07) is 0. The molecule has 1 aliphatic carbocycles.